The molecule has 25 heavy (non-hydrogen) atoms. The highest BCUT2D eigenvalue weighted by Gasteiger charge is 2.31. The van der Waals surface area contributed by atoms with Gasteiger partial charge in [-0.3, -0.25) is 9.79 Å². The van der Waals surface area contributed by atoms with Crippen molar-refractivity contribution < 1.29 is 14.3 Å². The third-order valence-corrected chi connectivity index (χ3v) is 4.90. The summed E-state index contributed by atoms with van der Waals surface area (Å²) in [5, 5.41) is 1.88. The van der Waals surface area contributed by atoms with E-state index in [1.165, 1.54) is 0 Å². The van der Waals surface area contributed by atoms with Gasteiger partial charge in [0, 0.05) is 12.8 Å². The van der Waals surface area contributed by atoms with Crippen LogP contribution in [0.5, 0.6) is 11.5 Å². The van der Waals surface area contributed by atoms with Crippen molar-refractivity contribution in [2.24, 2.45) is 4.99 Å². The average Bonchev–Trinajstić information content (AvgIpc) is 3.06. The highest BCUT2D eigenvalue weighted by molar-refractivity contribution is 6.18. The minimum absolute atomic E-state index is 0.0518. The van der Waals surface area contributed by atoms with Crippen LogP contribution in [-0.2, 0) is 0 Å². The Labute approximate surface area is 151 Å². The summed E-state index contributed by atoms with van der Waals surface area (Å²) < 4.78 is 11.1. The van der Waals surface area contributed by atoms with Crippen LogP contribution in [0, 0.1) is 0 Å². The fourth-order valence-corrected chi connectivity index (χ4v) is 3.59. The van der Waals surface area contributed by atoms with E-state index < -0.39 is 0 Å². The first-order valence-corrected chi connectivity index (χ1v) is 8.94. The molecule has 0 spiro atoms. The number of hydrogen-bond donors (Lipinski definition) is 0. The number of halogens is 1. The number of nitrogens with zero attached hydrogens (tertiary/aromatic N) is 2. The Morgan fingerprint density at radius 1 is 1.24 bits per heavy atom. The van der Waals surface area contributed by atoms with E-state index in [-0.39, 0.29) is 11.9 Å². The van der Waals surface area contributed by atoms with Crippen LogP contribution in [0.15, 0.2) is 29.3 Å². The number of aliphatic imine (C=N–C) groups is 1. The van der Waals surface area contributed by atoms with E-state index in [9.17, 15) is 4.79 Å². The maximum absolute atomic E-state index is 12.9. The Bertz CT molecular complexity index is 865. The third-order valence-electron chi connectivity index (χ3n) is 4.75. The molecule has 6 heteroatoms. The lowest BCUT2D eigenvalue weighted by molar-refractivity contribution is 0.0775. The second-order valence-corrected chi connectivity index (χ2v) is 6.62. The normalized spacial score (nSPS) is 18.9. The van der Waals surface area contributed by atoms with Gasteiger partial charge in [0.25, 0.3) is 5.91 Å². The molecule has 5 nitrogen and oxygen atoms in total. The Morgan fingerprint density at radius 3 is 2.84 bits per heavy atom. The van der Waals surface area contributed by atoms with Crippen LogP contribution in [0.1, 0.15) is 23.2 Å². The van der Waals surface area contributed by atoms with E-state index in [4.69, 9.17) is 21.1 Å². The molecule has 2 aliphatic rings. The quantitative estimate of drug-likeness (QED) is 0.781. The van der Waals surface area contributed by atoms with Gasteiger partial charge in [-0.1, -0.05) is 0 Å². The second-order valence-electron chi connectivity index (χ2n) is 6.24. The van der Waals surface area contributed by atoms with Crippen LogP contribution < -0.4 is 9.47 Å². The summed E-state index contributed by atoms with van der Waals surface area (Å²) in [7, 11) is 1.61. The zero-order valence-corrected chi connectivity index (χ0v) is 14.8. The molecule has 0 saturated carbocycles. The summed E-state index contributed by atoms with van der Waals surface area (Å²) in [6.07, 6.45) is 3.91. The Morgan fingerprint density at radius 2 is 2.04 bits per heavy atom. The second kappa shape index (κ2) is 6.56. The fraction of sp³-hybridized carbons (Fsp3) is 0.368. The first kappa shape index (κ1) is 16.2. The van der Waals surface area contributed by atoms with Crippen molar-refractivity contribution in [2.45, 2.75) is 18.9 Å². The molecule has 1 amide bonds. The van der Waals surface area contributed by atoms with E-state index in [1.54, 1.807) is 7.11 Å². The molecule has 2 heterocycles. The molecule has 0 bridgehead atoms. The first-order valence-electron chi connectivity index (χ1n) is 8.41. The SMILES string of the molecule is COc1cc2cc3c(cc2cc1OCCCl)C(=O)N1CCC[C@H]1C=N3. The summed E-state index contributed by atoms with van der Waals surface area (Å²) in [4.78, 5) is 19.4. The van der Waals surface area contributed by atoms with Crippen molar-refractivity contribution in [1.82, 2.24) is 4.90 Å². The molecule has 0 aliphatic carbocycles. The van der Waals surface area contributed by atoms with Gasteiger partial charge in [-0.25, -0.2) is 0 Å². The monoisotopic (exact) mass is 358 g/mol. The average molecular weight is 359 g/mol. The Balaban J connectivity index is 1.83. The van der Waals surface area contributed by atoms with E-state index >= 15 is 0 Å². The van der Waals surface area contributed by atoms with Crippen LogP contribution in [0.2, 0.25) is 0 Å². The van der Waals surface area contributed by atoms with Crippen molar-refractivity contribution in [2.75, 3.05) is 26.1 Å². The number of carbonyl (C=O) groups is 1. The van der Waals surface area contributed by atoms with E-state index in [1.807, 2.05) is 35.4 Å². The van der Waals surface area contributed by atoms with Gasteiger partial charge in [0.1, 0.15) is 6.61 Å². The standard InChI is InChI=1S/C19H19ClN2O3/c1-24-17-9-13-8-16-15(7-12(13)10-18(17)25-6-4-20)19(23)22-5-2-3-14(22)11-21-16/h7-11,14H,2-6H2,1H3/t14-/m0/s1. The number of methoxy groups -OCH3 is 1. The molecule has 0 N–H and O–H groups in total. The number of rotatable bonds is 4. The van der Waals surface area contributed by atoms with Crippen molar-refractivity contribution >= 4 is 40.2 Å². The lowest BCUT2D eigenvalue weighted by Gasteiger charge is -2.20. The molecule has 1 fully saturated rings. The van der Waals surface area contributed by atoms with Crippen molar-refractivity contribution in [3.05, 3.63) is 29.8 Å². The maximum Gasteiger partial charge on any atom is 0.256 e. The molecule has 0 unspecified atom stereocenters. The van der Waals surface area contributed by atoms with Crippen molar-refractivity contribution in [1.29, 1.82) is 0 Å². The number of alkyl halides is 1. The predicted molar refractivity (Wildman–Crippen MR) is 98.9 cm³/mol. The smallest absolute Gasteiger partial charge is 0.256 e. The van der Waals surface area contributed by atoms with Crippen molar-refractivity contribution in [3.63, 3.8) is 0 Å². The largest absolute Gasteiger partial charge is 0.493 e. The summed E-state index contributed by atoms with van der Waals surface area (Å²) in [6, 6.07) is 7.75. The van der Waals surface area contributed by atoms with E-state index in [0.29, 0.717) is 35.2 Å². The van der Waals surface area contributed by atoms with Crippen LogP contribution in [0.4, 0.5) is 5.69 Å². The summed E-state index contributed by atoms with van der Waals surface area (Å²) in [5.74, 6) is 1.71. The molecular weight excluding hydrogens is 340 g/mol. The summed E-state index contributed by atoms with van der Waals surface area (Å²) in [6.45, 7) is 1.19. The highest BCUT2D eigenvalue weighted by atomic mass is 35.5. The van der Waals surface area contributed by atoms with Gasteiger partial charge in [0.05, 0.1) is 30.3 Å². The Hall–Kier alpha value is -2.27. The third kappa shape index (κ3) is 2.82. The fourth-order valence-electron chi connectivity index (χ4n) is 3.52. The number of amides is 1. The van der Waals surface area contributed by atoms with Gasteiger partial charge in [-0.2, -0.15) is 0 Å². The van der Waals surface area contributed by atoms with Crippen LogP contribution >= 0.6 is 11.6 Å². The van der Waals surface area contributed by atoms with Gasteiger partial charge in [-0.05, 0) is 47.9 Å². The lowest BCUT2D eigenvalue weighted by atomic mass is 10.0. The van der Waals surface area contributed by atoms with Gasteiger partial charge >= 0.3 is 0 Å². The highest BCUT2D eigenvalue weighted by Crippen LogP contribution is 2.37. The van der Waals surface area contributed by atoms with Crippen LogP contribution in [-0.4, -0.2) is 49.2 Å². The topological polar surface area (TPSA) is 51.1 Å². The molecule has 0 radical (unpaired) electrons. The van der Waals surface area contributed by atoms with Gasteiger partial charge in [0.15, 0.2) is 11.5 Å². The van der Waals surface area contributed by atoms with Crippen LogP contribution in [0.25, 0.3) is 10.8 Å². The number of benzene rings is 2. The lowest BCUT2D eigenvalue weighted by Crippen LogP contribution is -2.35. The molecule has 2 aromatic rings. The number of hydrogen-bond acceptors (Lipinski definition) is 4. The number of carbonyl (C=O) groups excluding carboxylic acids is 1. The predicted octanol–water partition coefficient (Wildman–Crippen LogP) is 3.79. The molecule has 0 aromatic heterocycles. The molecule has 130 valence electrons. The summed E-state index contributed by atoms with van der Waals surface area (Å²) >= 11 is 5.72. The molecule has 1 atom stereocenters. The molecule has 2 aliphatic heterocycles. The molecule has 4 rings (SSSR count). The zero-order valence-electron chi connectivity index (χ0n) is 14.0. The minimum atomic E-state index is 0.0518. The molecular formula is C19H19ClN2O3. The van der Waals surface area contributed by atoms with Gasteiger partial charge in [-0.15, -0.1) is 11.6 Å². The molecule has 2 aromatic carbocycles. The van der Waals surface area contributed by atoms with E-state index in [0.717, 1.165) is 30.2 Å². The maximum atomic E-state index is 12.9. The Kier molecular flexibility index (Phi) is 4.25. The molecule has 1 saturated heterocycles. The van der Waals surface area contributed by atoms with Crippen LogP contribution in [0.3, 0.4) is 0 Å². The zero-order chi connectivity index (χ0) is 17.4. The van der Waals surface area contributed by atoms with Gasteiger partial charge < -0.3 is 14.4 Å². The minimum Gasteiger partial charge on any atom is -0.493 e. The first-order chi connectivity index (χ1) is 12.2. The van der Waals surface area contributed by atoms with Crippen molar-refractivity contribution in [3.8, 4) is 11.5 Å². The van der Waals surface area contributed by atoms with E-state index in [2.05, 4.69) is 4.99 Å². The van der Waals surface area contributed by atoms with Gasteiger partial charge in [0.2, 0.25) is 0 Å². The summed E-state index contributed by atoms with van der Waals surface area (Å²) in [5.41, 5.74) is 1.35. The number of ether oxygens (including phenoxy) is 2. The number of fused-ring (bicyclic) bond motifs is 3.